The first-order valence-electron chi connectivity index (χ1n) is 20.3. The monoisotopic (exact) mass is 871 g/mol. The third-order valence-electron chi connectivity index (χ3n) is 11.8. The first-order valence-corrected chi connectivity index (χ1v) is 21.8. The predicted octanol–water partition coefficient (Wildman–Crippen LogP) is 7.05. The fraction of sp³-hybridized carbons (Fsp3) is 0.659. The van der Waals surface area contributed by atoms with E-state index < -0.39 is 91.4 Å². The number of rotatable bonds is 9. The van der Waals surface area contributed by atoms with Crippen molar-refractivity contribution in [2.75, 3.05) is 13.1 Å². The van der Waals surface area contributed by atoms with Crippen LogP contribution < -0.4 is 24.8 Å². The average Bonchev–Trinajstić information content (AvgIpc) is 3.74. The van der Waals surface area contributed by atoms with Crippen molar-refractivity contribution >= 4 is 38.8 Å². The van der Waals surface area contributed by atoms with E-state index in [1.54, 1.807) is 27.7 Å². The lowest BCUT2D eigenvalue weighted by atomic mass is 9.66. The summed E-state index contributed by atoms with van der Waals surface area (Å²) < 4.78 is 115. The quantitative estimate of drug-likeness (QED) is 0.177. The Labute approximate surface area is 346 Å². The molecule has 3 heterocycles. The third kappa shape index (κ3) is 10.3. The van der Waals surface area contributed by atoms with Crippen molar-refractivity contribution in [1.29, 1.82) is 0 Å². The van der Waals surface area contributed by atoms with Crippen molar-refractivity contribution in [3.63, 3.8) is 0 Å². The van der Waals surface area contributed by atoms with Crippen LogP contribution in [0.15, 0.2) is 30.4 Å². The summed E-state index contributed by atoms with van der Waals surface area (Å²) in [6, 6.07) is 0.456. The Morgan fingerprint density at radius 3 is 2.37 bits per heavy atom. The summed E-state index contributed by atoms with van der Waals surface area (Å²) in [4.78, 5) is 47.9. The number of aromatic nitrogens is 1. The highest BCUT2D eigenvalue weighted by molar-refractivity contribution is 7.91. The van der Waals surface area contributed by atoms with Gasteiger partial charge in [-0.05, 0) is 97.8 Å². The Morgan fingerprint density at radius 2 is 1.75 bits per heavy atom. The highest BCUT2D eigenvalue weighted by Crippen LogP contribution is 2.46. The van der Waals surface area contributed by atoms with E-state index in [2.05, 4.69) is 25.1 Å². The minimum absolute atomic E-state index is 0.0205. The number of alkyl halides is 5. The summed E-state index contributed by atoms with van der Waals surface area (Å²) >= 11 is 0. The number of hydrogen-bond donors (Lipinski definition) is 3. The van der Waals surface area contributed by atoms with Crippen LogP contribution in [0.4, 0.5) is 26.7 Å². The number of nitrogens with one attached hydrogen (secondary N) is 3. The van der Waals surface area contributed by atoms with Crippen LogP contribution in [-0.2, 0) is 30.3 Å². The van der Waals surface area contributed by atoms with Crippen molar-refractivity contribution < 1.29 is 59.0 Å². The minimum atomic E-state index is -5.10. The Kier molecular flexibility index (Phi) is 12.5. The topological polar surface area (TPSA) is 165 Å². The van der Waals surface area contributed by atoms with Crippen molar-refractivity contribution in [1.82, 2.24) is 25.2 Å². The maximum Gasteiger partial charge on any atom is 0.573 e. The van der Waals surface area contributed by atoms with Crippen molar-refractivity contribution in [3.8, 4) is 11.5 Å². The molecule has 332 valence electrons. The first kappa shape index (κ1) is 45.3. The van der Waals surface area contributed by atoms with E-state index >= 15 is 8.78 Å². The molecule has 19 heteroatoms. The van der Waals surface area contributed by atoms with Gasteiger partial charge in [-0.1, -0.05) is 25.0 Å². The SMILES string of the molecule is Cc1nc2ccc(OC(F)(F)F)cc2c(C(C)(F)F)c1OC1CC2C(=O)NC3(CNS(=O)(=O)C4(C)CC4)CCC3C=CCCCCCC(NC(=O)OC(C)(C)C)C(=O)N2C1. The summed E-state index contributed by atoms with van der Waals surface area (Å²) in [6.45, 7) is 8.20. The second-order valence-corrected chi connectivity index (χ2v) is 20.1. The molecule has 2 aliphatic carbocycles. The van der Waals surface area contributed by atoms with Gasteiger partial charge in [0.25, 0.3) is 5.92 Å². The molecule has 2 aliphatic heterocycles. The van der Waals surface area contributed by atoms with Gasteiger partial charge < -0.3 is 29.7 Å². The van der Waals surface area contributed by atoms with E-state index in [1.165, 1.54) is 11.8 Å². The number of carbonyl (C=O) groups excluding carboxylic acids is 3. The van der Waals surface area contributed by atoms with Crippen molar-refractivity contribution in [2.24, 2.45) is 5.92 Å². The first-order chi connectivity index (χ1) is 27.8. The number of aryl methyl sites for hydroxylation is 1. The van der Waals surface area contributed by atoms with Gasteiger partial charge in [0.15, 0.2) is 5.75 Å². The van der Waals surface area contributed by atoms with Crippen LogP contribution >= 0.6 is 0 Å². The van der Waals surface area contributed by atoms with E-state index in [0.29, 0.717) is 51.9 Å². The Hall–Kier alpha value is -4.26. The molecule has 60 heavy (non-hydrogen) atoms. The van der Waals surface area contributed by atoms with Crippen LogP contribution in [0.1, 0.15) is 110 Å². The standard InChI is InChI=1S/C41H54F5N5O8S/c1-24-33(32(39(6,42)43)28-20-26(58-41(44,45)46)14-15-29(28)48-24)57-27-21-31-34(52)50-40(23-47-60(55,56)38(5)18-19-38)17-16-25(40)12-10-8-7-9-11-13-30(35(53)51(31)22-27)49-36(54)59-37(2,3)4/h10,12,14-15,20,25,27,30-31,47H,7-9,11,13,16-19,21-23H2,1-6H3,(H,49,54)(H,50,52). The fourth-order valence-corrected chi connectivity index (χ4v) is 9.59. The van der Waals surface area contributed by atoms with Crippen LogP contribution in [0, 0.1) is 12.8 Å². The maximum absolute atomic E-state index is 15.6. The summed E-state index contributed by atoms with van der Waals surface area (Å²) in [7, 11) is -3.74. The summed E-state index contributed by atoms with van der Waals surface area (Å²) in [5.74, 6) is -6.40. The maximum atomic E-state index is 15.6. The van der Waals surface area contributed by atoms with Crippen molar-refractivity contribution in [3.05, 3.63) is 41.6 Å². The van der Waals surface area contributed by atoms with Crippen LogP contribution in [0.5, 0.6) is 11.5 Å². The number of allylic oxidation sites excluding steroid dienone is 1. The number of carbonyl (C=O) groups is 3. The van der Waals surface area contributed by atoms with Crippen LogP contribution in [-0.4, -0.2) is 89.7 Å². The van der Waals surface area contributed by atoms with Gasteiger partial charge in [-0.15, -0.1) is 13.2 Å². The average molecular weight is 872 g/mol. The molecule has 0 bridgehead atoms. The highest BCUT2D eigenvalue weighted by Gasteiger charge is 2.54. The van der Waals surface area contributed by atoms with Crippen LogP contribution in [0.2, 0.25) is 0 Å². The number of benzene rings is 1. The molecule has 6 rings (SSSR count). The molecule has 1 aromatic carbocycles. The Morgan fingerprint density at radius 1 is 1.03 bits per heavy atom. The largest absolute Gasteiger partial charge is 0.573 e. The molecule has 13 nitrogen and oxygen atoms in total. The number of alkyl carbamates (subject to hydrolysis) is 1. The van der Waals surface area contributed by atoms with Gasteiger partial charge in [-0.25, -0.2) is 31.7 Å². The van der Waals surface area contributed by atoms with Gasteiger partial charge >= 0.3 is 12.5 Å². The van der Waals surface area contributed by atoms with E-state index in [0.717, 1.165) is 24.6 Å². The lowest BCUT2D eigenvalue weighted by Gasteiger charge is -2.50. The zero-order valence-corrected chi connectivity index (χ0v) is 35.5. The van der Waals surface area contributed by atoms with E-state index in [1.807, 2.05) is 12.2 Å². The zero-order valence-electron chi connectivity index (χ0n) is 34.6. The number of halogens is 5. The van der Waals surface area contributed by atoms with E-state index in [9.17, 15) is 36.0 Å². The van der Waals surface area contributed by atoms with Gasteiger partial charge in [-0.2, -0.15) is 0 Å². The number of amides is 3. The highest BCUT2D eigenvalue weighted by atomic mass is 32.2. The van der Waals surface area contributed by atoms with Gasteiger partial charge in [0.05, 0.1) is 33.6 Å². The predicted molar refractivity (Wildman–Crippen MR) is 211 cm³/mol. The lowest BCUT2D eigenvalue weighted by molar-refractivity contribution is -0.274. The van der Waals surface area contributed by atoms with Crippen LogP contribution in [0.25, 0.3) is 10.9 Å². The number of fused-ring (bicyclic) bond motifs is 3. The Bertz CT molecular complexity index is 2120. The number of nitrogens with zero attached hydrogens (tertiary/aromatic N) is 2. The second kappa shape index (κ2) is 16.5. The molecule has 3 amide bonds. The van der Waals surface area contributed by atoms with Gasteiger partial charge in [0, 0.05) is 31.2 Å². The number of sulfonamides is 1. The van der Waals surface area contributed by atoms with Gasteiger partial charge in [-0.3, -0.25) is 9.59 Å². The smallest absolute Gasteiger partial charge is 0.486 e. The molecule has 2 saturated carbocycles. The Balaban J connectivity index is 1.37. The van der Waals surface area contributed by atoms with Gasteiger partial charge in [0.1, 0.15) is 29.5 Å². The summed E-state index contributed by atoms with van der Waals surface area (Å²) in [6.07, 6.45) is 1.66. The van der Waals surface area contributed by atoms with Crippen molar-refractivity contribution in [2.45, 2.75) is 152 Å². The number of hydrogen-bond acceptors (Lipinski definition) is 9. The molecular weight excluding hydrogens is 818 g/mol. The molecule has 5 atom stereocenters. The molecular formula is C41H54F5N5O8S. The molecule has 0 radical (unpaired) electrons. The molecule has 3 fully saturated rings. The molecule has 0 spiro atoms. The van der Waals surface area contributed by atoms with Gasteiger partial charge in [0.2, 0.25) is 21.8 Å². The molecule has 4 aliphatic rings. The van der Waals surface area contributed by atoms with E-state index in [4.69, 9.17) is 9.47 Å². The lowest BCUT2D eigenvalue weighted by Crippen LogP contribution is -2.67. The number of ether oxygens (including phenoxy) is 3. The van der Waals surface area contributed by atoms with Crippen LogP contribution in [0.3, 0.4) is 0 Å². The molecule has 1 saturated heterocycles. The number of pyridine rings is 1. The fourth-order valence-electron chi connectivity index (χ4n) is 8.15. The molecule has 1 aromatic heterocycles. The molecule has 5 unspecified atom stereocenters. The minimum Gasteiger partial charge on any atom is -0.486 e. The molecule has 3 N–H and O–H groups in total. The normalized spacial score (nSPS) is 26.5. The zero-order chi connectivity index (χ0) is 44.1. The summed E-state index contributed by atoms with van der Waals surface area (Å²) in [5, 5.41) is 5.39. The second-order valence-electron chi connectivity index (χ2n) is 17.8. The van der Waals surface area contributed by atoms with E-state index in [-0.39, 0.29) is 48.4 Å². The summed E-state index contributed by atoms with van der Waals surface area (Å²) in [5.41, 5.74) is -2.78. The molecule has 2 aromatic rings. The third-order valence-corrected chi connectivity index (χ3v) is 14.0.